The number of anilines is 1. The van der Waals surface area contributed by atoms with Crippen molar-refractivity contribution in [2.45, 2.75) is 0 Å². The maximum atomic E-state index is 11.8. The van der Waals surface area contributed by atoms with E-state index in [2.05, 4.69) is 15.6 Å². The van der Waals surface area contributed by atoms with Crippen molar-refractivity contribution in [2.75, 3.05) is 32.4 Å². The van der Waals surface area contributed by atoms with Gasteiger partial charge in [-0.1, -0.05) is 0 Å². The van der Waals surface area contributed by atoms with Crippen molar-refractivity contribution in [3.8, 4) is 23.1 Å². The zero-order valence-corrected chi connectivity index (χ0v) is 13.1. The molecule has 8 nitrogen and oxygen atoms in total. The summed E-state index contributed by atoms with van der Waals surface area (Å²) in [5.41, 5.74) is 0.495. The van der Waals surface area contributed by atoms with E-state index in [-0.39, 0.29) is 12.8 Å². The molecule has 1 aliphatic rings. The van der Waals surface area contributed by atoms with Crippen LogP contribution in [-0.2, 0) is 0 Å². The lowest BCUT2D eigenvalue weighted by molar-refractivity contribution is 0.173. The molecule has 2 heterocycles. The Labute approximate surface area is 138 Å². The van der Waals surface area contributed by atoms with Crippen LogP contribution in [0, 0.1) is 0 Å². The van der Waals surface area contributed by atoms with E-state index in [0.717, 1.165) is 0 Å². The number of amides is 2. The van der Waals surface area contributed by atoms with Gasteiger partial charge in [0.2, 0.25) is 12.7 Å². The van der Waals surface area contributed by atoms with Crippen molar-refractivity contribution in [2.24, 2.45) is 0 Å². The van der Waals surface area contributed by atoms with E-state index in [9.17, 15) is 4.79 Å². The summed E-state index contributed by atoms with van der Waals surface area (Å²) in [6.07, 6.45) is 1.58. The molecule has 2 N–H and O–H groups in total. The third-order valence-electron chi connectivity index (χ3n) is 3.21. The number of rotatable bonds is 6. The summed E-state index contributed by atoms with van der Waals surface area (Å²) < 4.78 is 21.1. The Hall–Kier alpha value is -3.16. The Balaban J connectivity index is 1.42. The molecule has 0 spiro atoms. The normalized spacial score (nSPS) is 11.7. The van der Waals surface area contributed by atoms with Crippen LogP contribution in [-0.4, -0.2) is 38.1 Å². The molecule has 24 heavy (non-hydrogen) atoms. The Kier molecular flexibility index (Phi) is 4.85. The maximum Gasteiger partial charge on any atom is 0.319 e. The Morgan fingerprint density at radius 2 is 2.17 bits per heavy atom. The summed E-state index contributed by atoms with van der Waals surface area (Å²) >= 11 is 0. The number of hydrogen-bond donors (Lipinski definition) is 2. The molecule has 0 aliphatic carbocycles. The lowest BCUT2D eigenvalue weighted by Crippen LogP contribution is -2.32. The van der Waals surface area contributed by atoms with Gasteiger partial charge >= 0.3 is 6.03 Å². The first kappa shape index (κ1) is 15.7. The number of aromatic nitrogens is 1. The van der Waals surface area contributed by atoms with Crippen LogP contribution in [0.25, 0.3) is 0 Å². The predicted molar refractivity (Wildman–Crippen MR) is 85.9 cm³/mol. The number of nitrogens with one attached hydrogen (secondary N) is 2. The molecule has 1 aliphatic heterocycles. The van der Waals surface area contributed by atoms with Gasteiger partial charge < -0.3 is 29.6 Å². The first-order valence-electron chi connectivity index (χ1n) is 7.32. The van der Waals surface area contributed by atoms with E-state index in [4.69, 9.17) is 18.9 Å². The van der Waals surface area contributed by atoms with Crippen LogP contribution in [0.5, 0.6) is 23.1 Å². The lowest BCUT2D eigenvalue weighted by Gasteiger charge is -2.11. The molecule has 0 saturated carbocycles. The molecular weight excluding hydrogens is 314 g/mol. The lowest BCUT2D eigenvalue weighted by atomic mass is 10.3. The number of benzene rings is 1. The van der Waals surface area contributed by atoms with Gasteiger partial charge in [0.25, 0.3) is 0 Å². The van der Waals surface area contributed by atoms with Crippen molar-refractivity contribution in [3.63, 3.8) is 0 Å². The Morgan fingerprint density at radius 3 is 3.04 bits per heavy atom. The highest BCUT2D eigenvalue weighted by Gasteiger charge is 2.13. The highest BCUT2D eigenvalue weighted by Crippen LogP contribution is 2.34. The summed E-state index contributed by atoms with van der Waals surface area (Å²) in [5.74, 6) is 2.35. The number of nitrogens with zero attached hydrogens (tertiary/aromatic N) is 1. The van der Waals surface area contributed by atoms with E-state index in [1.54, 1.807) is 36.5 Å². The molecule has 0 unspecified atom stereocenters. The molecule has 1 aromatic heterocycles. The van der Waals surface area contributed by atoms with Gasteiger partial charge in [0.15, 0.2) is 11.5 Å². The number of carbonyl (C=O) groups excluding carboxylic acids is 1. The van der Waals surface area contributed by atoms with Crippen LogP contribution in [0.1, 0.15) is 0 Å². The first-order valence-corrected chi connectivity index (χ1v) is 7.32. The number of urea groups is 1. The molecule has 0 radical (unpaired) electrons. The van der Waals surface area contributed by atoms with E-state index in [0.29, 0.717) is 42.0 Å². The third kappa shape index (κ3) is 3.78. The largest absolute Gasteiger partial charge is 0.492 e. The van der Waals surface area contributed by atoms with Crippen LogP contribution in [0.4, 0.5) is 10.5 Å². The number of carbonyl (C=O) groups is 1. The zero-order valence-electron chi connectivity index (χ0n) is 13.1. The fourth-order valence-corrected chi connectivity index (χ4v) is 2.12. The van der Waals surface area contributed by atoms with E-state index in [1.807, 2.05) is 0 Å². The van der Waals surface area contributed by atoms with Gasteiger partial charge in [-0.05, 0) is 24.3 Å². The third-order valence-corrected chi connectivity index (χ3v) is 3.21. The van der Waals surface area contributed by atoms with Crippen LogP contribution >= 0.6 is 0 Å². The van der Waals surface area contributed by atoms with Gasteiger partial charge in [-0.3, -0.25) is 0 Å². The van der Waals surface area contributed by atoms with Gasteiger partial charge in [-0.15, -0.1) is 0 Å². The van der Waals surface area contributed by atoms with Gasteiger partial charge in [-0.25, -0.2) is 9.78 Å². The molecule has 2 aromatic rings. The highest BCUT2D eigenvalue weighted by molar-refractivity contribution is 5.90. The molecule has 0 bridgehead atoms. The standard InChI is InChI=1S/C16H17N3O5/c1-21-15-12(3-2-6-17-15)19-16(20)18-7-8-22-11-4-5-13-14(9-11)24-10-23-13/h2-6,9H,7-8,10H2,1H3,(H2,18,19,20). The monoisotopic (exact) mass is 331 g/mol. The number of pyridine rings is 1. The fourth-order valence-electron chi connectivity index (χ4n) is 2.12. The van der Waals surface area contributed by atoms with Gasteiger partial charge in [0.05, 0.1) is 13.7 Å². The minimum atomic E-state index is -0.365. The summed E-state index contributed by atoms with van der Waals surface area (Å²) in [6.45, 7) is 0.873. The average molecular weight is 331 g/mol. The quantitative estimate of drug-likeness (QED) is 0.787. The number of ether oxygens (including phenoxy) is 4. The minimum Gasteiger partial charge on any atom is -0.492 e. The van der Waals surface area contributed by atoms with Crippen molar-refractivity contribution >= 4 is 11.7 Å². The Bertz CT molecular complexity index is 723. The molecule has 8 heteroatoms. The summed E-state index contributed by atoms with van der Waals surface area (Å²) in [7, 11) is 1.49. The van der Waals surface area contributed by atoms with E-state index < -0.39 is 0 Å². The summed E-state index contributed by atoms with van der Waals surface area (Å²) in [4.78, 5) is 15.9. The number of fused-ring (bicyclic) bond motifs is 1. The summed E-state index contributed by atoms with van der Waals surface area (Å²) in [5, 5.41) is 5.36. The van der Waals surface area contributed by atoms with Crippen LogP contribution in [0.2, 0.25) is 0 Å². The molecule has 3 rings (SSSR count). The van der Waals surface area contributed by atoms with E-state index in [1.165, 1.54) is 7.11 Å². The van der Waals surface area contributed by atoms with Gasteiger partial charge in [-0.2, -0.15) is 0 Å². The molecule has 0 atom stereocenters. The van der Waals surface area contributed by atoms with Crippen LogP contribution < -0.4 is 29.6 Å². The second-order valence-corrected chi connectivity index (χ2v) is 4.80. The molecule has 0 fully saturated rings. The second-order valence-electron chi connectivity index (χ2n) is 4.80. The van der Waals surface area contributed by atoms with Crippen LogP contribution in [0.15, 0.2) is 36.5 Å². The van der Waals surface area contributed by atoms with Crippen molar-refractivity contribution in [3.05, 3.63) is 36.5 Å². The van der Waals surface area contributed by atoms with Crippen molar-refractivity contribution < 1.29 is 23.7 Å². The molecule has 126 valence electrons. The highest BCUT2D eigenvalue weighted by atomic mass is 16.7. The molecule has 0 saturated heterocycles. The van der Waals surface area contributed by atoms with Gasteiger partial charge in [0, 0.05) is 12.3 Å². The molecule has 1 aromatic carbocycles. The fraction of sp³-hybridized carbons (Fsp3) is 0.250. The predicted octanol–water partition coefficient (Wildman–Crippen LogP) is 2.02. The van der Waals surface area contributed by atoms with Crippen LogP contribution in [0.3, 0.4) is 0 Å². The SMILES string of the molecule is COc1ncccc1NC(=O)NCCOc1ccc2c(c1)OCO2. The zero-order chi connectivity index (χ0) is 16.8. The van der Waals surface area contributed by atoms with Crippen molar-refractivity contribution in [1.82, 2.24) is 10.3 Å². The minimum absolute atomic E-state index is 0.221. The smallest absolute Gasteiger partial charge is 0.319 e. The second kappa shape index (κ2) is 7.40. The summed E-state index contributed by atoms with van der Waals surface area (Å²) in [6, 6.07) is 8.37. The number of hydrogen-bond acceptors (Lipinski definition) is 6. The maximum absolute atomic E-state index is 11.8. The number of methoxy groups -OCH3 is 1. The van der Waals surface area contributed by atoms with Crippen molar-refractivity contribution in [1.29, 1.82) is 0 Å². The first-order chi connectivity index (χ1) is 11.8. The topological polar surface area (TPSA) is 90.9 Å². The average Bonchev–Trinajstić information content (AvgIpc) is 3.07. The van der Waals surface area contributed by atoms with Gasteiger partial charge in [0.1, 0.15) is 18.0 Å². The van der Waals surface area contributed by atoms with E-state index >= 15 is 0 Å². The Morgan fingerprint density at radius 1 is 1.29 bits per heavy atom. The molecule has 2 amide bonds. The molecular formula is C16H17N3O5.